The fourth-order valence-corrected chi connectivity index (χ4v) is 4.53. The molecule has 0 fully saturated rings. The Balaban J connectivity index is 1.74. The number of fused-ring (bicyclic) bond motifs is 2. The molecule has 0 bridgehead atoms. The number of rotatable bonds is 6. The minimum atomic E-state index is -0.740. The molecule has 1 atom stereocenters. The molecule has 0 saturated carbocycles. The van der Waals surface area contributed by atoms with Crippen molar-refractivity contribution < 1.29 is 18.7 Å². The minimum Gasteiger partial charge on any atom is -0.493 e. The normalized spacial score (nSPS) is 15.0. The highest BCUT2D eigenvalue weighted by Gasteiger charge is 2.44. The summed E-state index contributed by atoms with van der Waals surface area (Å²) >= 11 is 0. The molecule has 3 heterocycles. The molecular formula is C29H28N2O5. The van der Waals surface area contributed by atoms with Crippen LogP contribution in [0.2, 0.25) is 0 Å². The van der Waals surface area contributed by atoms with Crippen molar-refractivity contribution in [2.24, 2.45) is 5.92 Å². The third-order valence-corrected chi connectivity index (χ3v) is 6.22. The van der Waals surface area contributed by atoms with Crippen molar-refractivity contribution in [2.45, 2.75) is 33.7 Å². The number of benzene rings is 2. The average molecular weight is 485 g/mol. The molecule has 1 aliphatic rings. The van der Waals surface area contributed by atoms with Crippen LogP contribution in [0.3, 0.4) is 0 Å². The molecule has 0 N–H and O–H groups in total. The lowest BCUT2D eigenvalue weighted by Crippen LogP contribution is -2.30. The number of ether oxygens (including phenoxy) is 2. The second-order valence-corrected chi connectivity index (χ2v) is 9.50. The summed E-state index contributed by atoms with van der Waals surface area (Å²) in [6, 6.07) is 15.6. The Kier molecular flexibility index (Phi) is 6.00. The number of aryl methyl sites for hydroxylation is 2. The second-order valence-electron chi connectivity index (χ2n) is 9.50. The number of hydrogen-bond acceptors (Lipinski definition) is 6. The average Bonchev–Trinajstić information content (AvgIpc) is 3.15. The molecule has 2 aromatic heterocycles. The maximum atomic E-state index is 13.8. The molecule has 5 rings (SSSR count). The predicted molar refractivity (Wildman–Crippen MR) is 138 cm³/mol. The van der Waals surface area contributed by atoms with Crippen molar-refractivity contribution in [3.05, 3.63) is 93.0 Å². The summed E-state index contributed by atoms with van der Waals surface area (Å²) in [5, 5.41) is 0.439. The number of aromatic nitrogens is 1. The zero-order valence-corrected chi connectivity index (χ0v) is 21.0. The van der Waals surface area contributed by atoms with Crippen LogP contribution in [0.25, 0.3) is 11.0 Å². The minimum absolute atomic E-state index is 0.0313. The molecule has 0 radical (unpaired) electrons. The molecule has 1 amide bonds. The van der Waals surface area contributed by atoms with E-state index in [0.717, 1.165) is 11.3 Å². The molecule has 7 nitrogen and oxygen atoms in total. The van der Waals surface area contributed by atoms with Crippen molar-refractivity contribution in [2.75, 3.05) is 18.6 Å². The SMILES string of the molecule is COc1cc(C2c3c(oc4ccc(C)cc4c3=O)C(=O)N2c2cccc(C)n2)ccc1OCC(C)C. The maximum absolute atomic E-state index is 13.8. The highest BCUT2D eigenvalue weighted by molar-refractivity contribution is 6.10. The number of anilines is 1. The number of nitrogens with zero attached hydrogens (tertiary/aromatic N) is 2. The van der Waals surface area contributed by atoms with Crippen molar-refractivity contribution in [1.29, 1.82) is 0 Å². The molecule has 0 spiro atoms. The summed E-state index contributed by atoms with van der Waals surface area (Å²) in [6.07, 6.45) is 0. The van der Waals surface area contributed by atoms with Crippen LogP contribution in [0.4, 0.5) is 5.82 Å². The summed E-state index contributed by atoms with van der Waals surface area (Å²) in [7, 11) is 1.57. The first-order valence-corrected chi connectivity index (χ1v) is 11.9. The lowest BCUT2D eigenvalue weighted by Gasteiger charge is -2.25. The Hall–Kier alpha value is -4.13. The first kappa shape index (κ1) is 23.6. The van der Waals surface area contributed by atoms with Crippen molar-refractivity contribution in [1.82, 2.24) is 4.98 Å². The van der Waals surface area contributed by atoms with E-state index in [1.807, 2.05) is 50.2 Å². The van der Waals surface area contributed by atoms with Gasteiger partial charge < -0.3 is 13.9 Å². The molecule has 4 aromatic rings. The molecule has 1 unspecified atom stereocenters. The predicted octanol–water partition coefficient (Wildman–Crippen LogP) is 5.60. The lowest BCUT2D eigenvalue weighted by atomic mass is 9.97. The van der Waals surface area contributed by atoms with Gasteiger partial charge >= 0.3 is 0 Å². The Morgan fingerprint density at radius 2 is 1.83 bits per heavy atom. The Morgan fingerprint density at radius 3 is 2.56 bits per heavy atom. The zero-order chi connectivity index (χ0) is 25.6. The van der Waals surface area contributed by atoms with Gasteiger partial charge in [0.25, 0.3) is 5.91 Å². The number of carbonyl (C=O) groups is 1. The zero-order valence-electron chi connectivity index (χ0n) is 21.0. The molecule has 7 heteroatoms. The third kappa shape index (κ3) is 4.00. The highest BCUT2D eigenvalue weighted by atomic mass is 16.5. The number of hydrogen-bond donors (Lipinski definition) is 0. The summed E-state index contributed by atoms with van der Waals surface area (Å²) < 4.78 is 17.6. The monoisotopic (exact) mass is 484 g/mol. The second kappa shape index (κ2) is 9.15. The highest BCUT2D eigenvalue weighted by Crippen LogP contribution is 2.43. The Labute approximate surface area is 209 Å². The quantitative estimate of drug-likeness (QED) is 0.354. The van der Waals surface area contributed by atoms with E-state index in [2.05, 4.69) is 18.8 Å². The van der Waals surface area contributed by atoms with Crippen LogP contribution in [0, 0.1) is 19.8 Å². The third-order valence-electron chi connectivity index (χ3n) is 6.22. The first-order chi connectivity index (χ1) is 17.3. The van der Waals surface area contributed by atoms with E-state index >= 15 is 0 Å². The van der Waals surface area contributed by atoms with Gasteiger partial charge in [-0.05, 0) is 61.7 Å². The van der Waals surface area contributed by atoms with Gasteiger partial charge in [0.05, 0.1) is 30.7 Å². The van der Waals surface area contributed by atoms with E-state index in [1.165, 1.54) is 4.90 Å². The fourth-order valence-electron chi connectivity index (χ4n) is 4.53. The molecule has 184 valence electrons. The number of methoxy groups -OCH3 is 1. The molecule has 36 heavy (non-hydrogen) atoms. The van der Waals surface area contributed by atoms with Crippen molar-refractivity contribution in [3.8, 4) is 11.5 Å². The fraction of sp³-hybridized carbons (Fsp3) is 0.276. The van der Waals surface area contributed by atoms with Crippen LogP contribution < -0.4 is 19.8 Å². The lowest BCUT2D eigenvalue weighted by molar-refractivity contribution is 0.0970. The molecule has 2 aromatic carbocycles. The van der Waals surface area contributed by atoms with Gasteiger partial charge in [-0.15, -0.1) is 0 Å². The molecule has 0 saturated heterocycles. The maximum Gasteiger partial charge on any atom is 0.296 e. The van der Waals surface area contributed by atoms with E-state index in [9.17, 15) is 9.59 Å². The van der Waals surface area contributed by atoms with Gasteiger partial charge in [0.1, 0.15) is 11.4 Å². The van der Waals surface area contributed by atoms with Gasteiger partial charge in [0.15, 0.2) is 16.9 Å². The summed E-state index contributed by atoms with van der Waals surface area (Å²) in [6.45, 7) is 8.45. The number of carbonyl (C=O) groups excluding carboxylic acids is 1. The van der Waals surface area contributed by atoms with E-state index in [-0.39, 0.29) is 11.2 Å². The van der Waals surface area contributed by atoms with E-state index in [4.69, 9.17) is 13.9 Å². The Bertz CT molecular complexity index is 1540. The van der Waals surface area contributed by atoms with Gasteiger partial charge in [-0.25, -0.2) is 4.98 Å². The summed E-state index contributed by atoms with van der Waals surface area (Å²) in [5.74, 6) is 1.52. The topological polar surface area (TPSA) is 81.9 Å². The van der Waals surface area contributed by atoms with Crippen LogP contribution in [0.1, 0.15) is 52.8 Å². The van der Waals surface area contributed by atoms with E-state index in [0.29, 0.717) is 51.9 Å². The summed E-state index contributed by atoms with van der Waals surface area (Å²) in [4.78, 5) is 33.7. The standard InChI is InChI=1S/C29H28N2O5/c1-16(2)15-35-22-12-10-19(14-23(22)34-5)26-25-27(32)20-13-17(3)9-11-21(20)36-28(25)29(33)31(26)24-8-6-7-18(4)30-24/h6-14,16,26H,15H2,1-5H3. The number of pyridine rings is 1. The van der Waals surface area contributed by atoms with Crippen LogP contribution in [0.15, 0.2) is 63.8 Å². The van der Waals surface area contributed by atoms with Gasteiger partial charge in [0, 0.05) is 5.69 Å². The summed E-state index contributed by atoms with van der Waals surface area (Å²) in [5.41, 5.74) is 2.82. The van der Waals surface area contributed by atoms with Crippen LogP contribution in [0.5, 0.6) is 11.5 Å². The molecule has 1 aliphatic heterocycles. The van der Waals surface area contributed by atoms with Crippen molar-refractivity contribution in [3.63, 3.8) is 0 Å². The van der Waals surface area contributed by atoms with Crippen LogP contribution in [-0.2, 0) is 0 Å². The smallest absolute Gasteiger partial charge is 0.296 e. The van der Waals surface area contributed by atoms with E-state index in [1.54, 1.807) is 25.3 Å². The van der Waals surface area contributed by atoms with Crippen LogP contribution >= 0.6 is 0 Å². The molecule has 0 aliphatic carbocycles. The van der Waals surface area contributed by atoms with Gasteiger partial charge in [-0.1, -0.05) is 37.6 Å². The molecular weight excluding hydrogens is 456 g/mol. The van der Waals surface area contributed by atoms with Gasteiger partial charge in [-0.2, -0.15) is 0 Å². The first-order valence-electron chi connectivity index (χ1n) is 11.9. The van der Waals surface area contributed by atoms with Gasteiger partial charge in [-0.3, -0.25) is 14.5 Å². The largest absolute Gasteiger partial charge is 0.493 e. The number of amides is 1. The van der Waals surface area contributed by atoms with Crippen LogP contribution in [-0.4, -0.2) is 24.6 Å². The van der Waals surface area contributed by atoms with Gasteiger partial charge in [0.2, 0.25) is 5.76 Å². The van der Waals surface area contributed by atoms with E-state index < -0.39 is 11.9 Å². The van der Waals surface area contributed by atoms with Crippen molar-refractivity contribution >= 4 is 22.7 Å². The Morgan fingerprint density at radius 1 is 1.03 bits per heavy atom.